The van der Waals surface area contributed by atoms with E-state index in [1.807, 2.05) is 6.07 Å². The maximum atomic E-state index is 11.5. The van der Waals surface area contributed by atoms with Gasteiger partial charge in [0.15, 0.2) is 0 Å². The molecule has 0 fully saturated rings. The van der Waals surface area contributed by atoms with Gasteiger partial charge in [-0.05, 0) is 36.4 Å². The topological polar surface area (TPSA) is 92.9 Å². The molecule has 0 aliphatic carbocycles. The molecule has 0 saturated carbocycles. The first-order chi connectivity index (χ1) is 11.4. The first-order valence-corrected chi connectivity index (χ1v) is 9.03. The van der Waals surface area contributed by atoms with Gasteiger partial charge in [-0.3, -0.25) is 0 Å². The van der Waals surface area contributed by atoms with Crippen molar-refractivity contribution in [3.63, 3.8) is 0 Å². The molecule has 0 unspecified atom stereocenters. The fourth-order valence-electron chi connectivity index (χ4n) is 2.36. The molecule has 3 rings (SSSR count). The summed E-state index contributed by atoms with van der Waals surface area (Å²) in [5.41, 5.74) is 2.14. The Labute approximate surface area is 142 Å². The summed E-state index contributed by atoms with van der Waals surface area (Å²) in [4.78, 5) is 8.35. The molecule has 1 aromatic heterocycles. The third-order valence-electron chi connectivity index (χ3n) is 3.48. The fourth-order valence-corrected chi connectivity index (χ4v) is 3.13. The average molecular weight is 360 g/mol. The maximum Gasteiger partial charge on any atom is 0.261 e. The van der Waals surface area contributed by atoms with Crippen molar-refractivity contribution in [2.45, 2.75) is 4.90 Å². The predicted octanol–water partition coefficient (Wildman–Crippen LogP) is 3.10. The van der Waals surface area contributed by atoms with Crippen LogP contribution >= 0.6 is 10.7 Å². The van der Waals surface area contributed by atoms with Crippen LogP contribution in [0.1, 0.15) is 5.56 Å². The molecule has 120 valence electrons. The van der Waals surface area contributed by atoms with Gasteiger partial charge in [0, 0.05) is 21.6 Å². The van der Waals surface area contributed by atoms with Crippen LogP contribution in [0.15, 0.2) is 47.6 Å². The molecule has 0 atom stereocenters. The standard InChI is InChI=1S/C16H10ClN3O3S/c1-23-15-6-10(8-18)2-4-13(15)16-12-5-3-11(24(17,21)22)7-14(12)19-9-20-16/h2-7,9H,1H3. The summed E-state index contributed by atoms with van der Waals surface area (Å²) in [7, 11) is 3.03. The summed E-state index contributed by atoms with van der Waals surface area (Å²) >= 11 is 0. The van der Waals surface area contributed by atoms with Crippen molar-refractivity contribution in [1.82, 2.24) is 9.97 Å². The smallest absolute Gasteiger partial charge is 0.261 e. The molecular weight excluding hydrogens is 350 g/mol. The normalized spacial score (nSPS) is 11.2. The predicted molar refractivity (Wildman–Crippen MR) is 89.3 cm³/mol. The first kappa shape index (κ1) is 16.2. The van der Waals surface area contributed by atoms with Crippen LogP contribution < -0.4 is 4.74 Å². The largest absolute Gasteiger partial charge is 0.496 e. The molecule has 0 N–H and O–H groups in total. The maximum absolute atomic E-state index is 11.5. The molecule has 24 heavy (non-hydrogen) atoms. The molecule has 8 heteroatoms. The molecule has 2 aromatic carbocycles. The van der Waals surface area contributed by atoms with Crippen molar-refractivity contribution in [3.05, 3.63) is 48.3 Å². The summed E-state index contributed by atoms with van der Waals surface area (Å²) in [6, 6.07) is 11.4. The Morgan fingerprint density at radius 3 is 2.62 bits per heavy atom. The second-order valence-corrected chi connectivity index (χ2v) is 7.43. The zero-order valence-electron chi connectivity index (χ0n) is 12.4. The highest BCUT2D eigenvalue weighted by Crippen LogP contribution is 2.34. The van der Waals surface area contributed by atoms with Crippen LogP contribution in [0.5, 0.6) is 5.75 Å². The number of methoxy groups -OCH3 is 1. The van der Waals surface area contributed by atoms with Crippen molar-refractivity contribution < 1.29 is 13.2 Å². The molecule has 0 aliphatic heterocycles. The lowest BCUT2D eigenvalue weighted by atomic mass is 10.0. The molecule has 0 spiro atoms. The van der Waals surface area contributed by atoms with Crippen LogP contribution in [0, 0.1) is 11.3 Å². The van der Waals surface area contributed by atoms with Gasteiger partial charge < -0.3 is 4.74 Å². The first-order valence-electron chi connectivity index (χ1n) is 6.72. The van der Waals surface area contributed by atoms with Gasteiger partial charge in [-0.25, -0.2) is 18.4 Å². The van der Waals surface area contributed by atoms with Gasteiger partial charge in [0.25, 0.3) is 9.05 Å². The number of benzene rings is 2. The lowest BCUT2D eigenvalue weighted by Gasteiger charge is -2.10. The minimum absolute atomic E-state index is 0.0342. The van der Waals surface area contributed by atoms with Crippen molar-refractivity contribution in [1.29, 1.82) is 5.26 Å². The number of nitriles is 1. The third kappa shape index (κ3) is 2.89. The van der Waals surface area contributed by atoms with E-state index in [2.05, 4.69) is 9.97 Å². The van der Waals surface area contributed by atoms with Crippen molar-refractivity contribution in [2.24, 2.45) is 0 Å². The van der Waals surface area contributed by atoms with Gasteiger partial charge in [-0.1, -0.05) is 0 Å². The van der Waals surface area contributed by atoms with E-state index in [-0.39, 0.29) is 4.90 Å². The number of rotatable bonds is 3. The molecule has 6 nitrogen and oxygen atoms in total. The summed E-state index contributed by atoms with van der Waals surface area (Å²) < 4.78 is 28.3. The Morgan fingerprint density at radius 2 is 1.96 bits per heavy atom. The van der Waals surface area contributed by atoms with Gasteiger partial charge in [0.05, 0.1) is 34.8 Å². The summed E-state index contributed by atoms with van der Waals surface area (Å²) in [6.45, 7) is 0. The molecule has 3 aromatic rings. The number of hydrogen-bond acceptors (Lipinski definition) is 6. The second-order valence-electron chi connectivity index (χ2n) is 4.87. The highest BCUT2D eigenvalue weighted by atomic mass is 35.7. The molecule has 0 radical (unpaired) electrons. The minimum atomic E-state index is -3.84. The zero-order chi connectivity index (χ0) is 17.3. The number of fused-ring (bicyclic) bond motifs is 1. The molecule has 0 saturated heterocycles. The SMILES string of the molecule is COc1cc(C#N)ccc1-c1ncnc2cc(S(=O)(=O)Cl)ccc12. The molecule has 0 amide bonds. The Kier molecular flexibility index (Phi) is 4.09. The molecule has 0 aliphatic rings. The van der Waals surface area contributed by atoms with Crippen molar-refractivity contribution >= 4 is 30.6 Å². The van der Waals surface area contributed by atoms with Crippen LogP contribution in [0.25, 0.3) is 22.2 Å². The number of ether oxygens (including phenoxy) is 1. The van der Waals surface area contributed by atoms with E-state index in [1.54, 1.807) is 24.3 Å². The van der Waals surface area contributed by atoms with Crippen molar-refractivity contribution in [2.75, 3.05) is 7.11 Å². The van der Waals surface area contributed by atoms with E-state index in [4.69, 9.17) is 20.7 Å². The Morgan fingerprint density at radius 1 is 1.17 bits per heavy atom. The van der Waals surface area contributed by atoms with Crippen LogP contribution in [-0.4, -0.2) is 25.5 Å². The minimum Gasteiger partial charge on any atom is -0.496 e. The van der Waals surface area contributed by atoms with Gasteiger partial charge >= 0.3 is 0 Å². The number of halogens is 1. The van der Waals surface area contributed by atoms with E-state index < -0.39 is 9.05 Å². The van der Waals surface area contributed by atoms with Crippen LogP contribution in [0.4, 0.5) is 0 Å². The molecule has 0 bridgehead atoms. The highest BCUT2D eigenvalue weighted by molar-refractivity contribution is 8.13. The van der Waals surface area contributed by atoms with Crippen LogP contribution in [0.3, 0.4) is 0 Å². The lowest BCUT2D eigenvalue weighted by Crippen LogP contribution is -1.96. The second kappa shape index (κ2) is 6.07. The third-order valence-corrected chi connectivity index (χ3v) is 4.83. The van der Waals surface area contributed by atoms with Crippen molar-refractivity contribution in [3.8, 4) is 23.1 Å². The Balaban J connectivity index is 2.27. The zero-order valence-corrected chi connectivity index (χ0v) is 14.0. The van der Waals surface area contributed by atoms with Crippen LogP contribution in [0.2, 0.25) is 0 Å². The van der Waals surface area contributed by atoms with E-state index in [0.29, 0.717) is 33.5 Å². The number of aromatic nitrogens is 2. The highest BCUT2D eigenvalue weighted by Gasteiger charge is 2.15. The van der Waals surface area contributed by atoms with Gasteiger partial charge in [0.2, 0.25) is 0 Å². The molecular formula is C16H10ClN3O3S. The van der Waals surface area contributed by atoms with Gasteiger partial charge in [-0.2, -0.15) is 5.26 Å². The van der Waals surface area contributed by atoms with E-state index in [1.165, 1.54) is 25.6 Å². The average Bonchev–Trinajstić information content (AvgIpc) is 2.59. The monoisotopic (exact) mass is 359 g/mol. The quantitative estimate of drug-likeness (QED) is 0.667. The summed E-state index contributed by atoms with van der Waals surface area (Å²) in [5, 5.41) is 9.64. The Hall–Kier alpha value is -2.69. The van der Waals surface area contributed by atoms with Gasteiger partial charge in [0.1, 0.15) is 12.1 Å². The fraction of sp³-hybridized carbons (Fsp3) is 0.0625. The van der Waals surface area contributed by atoms with Crippen LogP contribution in [-0.2, 0) is 9.05 Å². The number of hydrogen-bond donors (Lipinski definition) is 0. The van der Waals surface area contributed by atoms with E-state index in [9.17, 15) is 8.42 Å². The Bertz CT molecular complexity index is 1090. The number of nitrogens with zero attached hydrogens (tertiary/aromatic N) is 3. The lowest BCUT2D eigenvalue weighted by molar-refractivity contribution is 0.416. The molecule has 1 heterocycles. The van der Waals surface area contributed by atoms with E-state index >= 15 is 0 Å². The summed E-state index contributed by atoms with van der Waals surface area (Å²) in [6.07, 6.45) is 1.33. The van der Waals surface area contributed by atoms with Gasteiger partial charge in [-0.15, -0.1) is 0 Å². The van der Waals surface area contributed by atoms with E-state index in [0.717, 1.165) is 0 Å². The summed E-state index contributed by atoms with van der Waals surface area (Å²) in [5.74, 6) is 0.489.